The van der Waals surface area contributed by atoms with Gasteiger partial charge in [0.15, 0.2) is 0 Å². The Balaban J connectivity index is 1.58. The fourth-order valence-electron chi connectivity index (χ4n) is 4.09. The topological polar surface area (TPSA) is 29.9 Å². The zero-order valence-corrected chi connectivity index (χ0v) is 12.9. The molecule has 2 heterocycles. The van der Waals surface area contributed by atoms with Gasteiger partial charge in [0.1, 0.15) is 0 Å². The molecule has 0 atom stereocenters. The van der Waals surface area contributed by atoms with E-state index in [0.717, 1.165) is 25.6 Å². The zero-order valence-electron chi connectivity index (χ0n) is 12.9. The van der Waals surface area contributed by atoms with Gasteiger partial charge in [-0.05, 0) is 44.7 Å². The summed E-state index contributed by atoms with van der Waals surface area (Å²) < 4.78 is 2.43. The maximum absolute atomic E-state index is 4.44. The predicted octanol–water partition coefficient (Wildman–Crippen LogP) is 3.49. The molecule has 3 nitrogen and oxygen atoms in total. The number of nitrogens with one attached hydrogen (secondary N) is 1. The monoisotopic (exact) mass is 275 g/mol. The van der Waals surface area contributed by atoms with Crippen molar-refractivity contribution < 1.29 is 0 Å². The van der Waals surface area contributed by atoms with Crippen molar-refractivity contribution in [3.05, 3.63) is 18.2 Å². The van der Waals surface area contributed by atoms with Gasteiger partial charge in [0.05, 0.1) is 6.33 Å². The Hall–Kier alpha value is -0.830. The van der Waals surface area contributed by atoms with Crippen molar-refractivity contribution in [3.8, 4) is 0 Å². The van der Waals surface area contributed by atoms with Crippen LogP contribution in [0.15, 0.2) is 12.5 Å². The van der Waals surface area contributed by atoms with Crippen LogP contribution in [0.25, 0.3) is 0 Å². The lowest BCUT2D eigenvalue weighted by atomic mass is 9.78. The molecule has 3 heteroatoms. The average molecular weight is 275 g/mol. The number of imidazole rings is 1. The number of aryl methyl sites for hydroxylation is 1. The lowest BCUT2D eigenvalue weighted by Crippen LogP contribution is -2.39. The minimum atomic E-state index is 0.328. The Morgan fingerprint density at radius 2 is 2.05 bits per heavy atom. The summed E-state index contributed by atoms with van der Waals surface area (Å²) in [6.45, 7) is 5.86. The minimum Gasteiger partial charge on any atom is -0.334 e. The summed E-state index contributed by atoms with van der Waals surface area (Å²) in [5.41, 5.74) is 1.79. The Labute approximate surface area is 123 Å². The third-order valence-electron chi connectivity index (χ3n) is 5.52. The van der Waals surface area contributed by atoms with Crippen molar-refractivity contribution in [1.29, 1.82) is 0 Å². The number of aromatic nitrogens is 2. The van der Waals surface area contributed by atoms with Crippen molar-refractivity contribution in [3.63, 3.8) is 0 Å². The first-order valence-corrected chi connectivity index (χ1v) is 8.49. The molecular formula is C17H29N3. The Bertz CT molecular complexity index is 412. The number of rotatable bonds is 5. The maximum atomic E-state index is 4.44. The van der Waals surface area contributed by atoms with Crippen LogP contribution >= 0.6 is 0 Å². The van der Waals surface area contributed by atoms with Crippen LogP contribution < -0.4 is 5.32 Å². The second kappa shape index (κ2) is 6.30. The van der Waals surface area contributed by atoms with Gasteiger partial charge in [0.2, 0.25) is 0 Å². The van der Waals surface area contributed by atoms with Crippen molar-refractivity contribution in [2.75, 3.05) is 13.1 Å². The van der Waals surface area contributed by atoms with E-state index in [4.69, 9.17) is 0 Å². The molecule has 0 amide bonds. The number of hydrogen-bond donors (Lipinski definition) is 1. The molecule has 0 bridgehead atoms. The van der Waals surface area contributed by atoms with Crippen molar-refractivity contribution in [2.24, 2.45) is 5.92 Å². The molecule has 0 aromatic carbocycles. The lowest BCUT2D eigenvalue weighted by molar-refractivity contribution is 0.314. The maximum Gasteiger partial charge on any atom is 0.0948 e. The first-order chi connectivity index (χ1) is 9.78. The standard InChI is InChI=1S/C17H29N3/c1-17(8-10-18-11-9-17)16-13-19-14-20(16)12-4-7-15-5-2-3-6-15/h13-15,18H,2-12H2,1H3. The molecule has 112 valence electrons. The van der Waals surface area contributed by atoms with Crippen molar-refractivity contribution in [1.82, 2.24) is 14.9 Å². The van der Waals surface area contributed by atoms with Gasteiger partial charge in [0, 0.05) is 23.9 Å². The van der Waals surface area contributed by atoms with E-state index >= 15 is 0 Å². The molecule has 0 unspecified atom stereocenters. The molecule has 1 saturated carbocycles. The summed E-state index contributed by atoms with van der Waals surface area (Å²) in [6, 6.07) is 0. The van der Waals surface area contributed by atoms with Crippen LogP contribution in [-0.2, 0) is 12.0 Å². The molecule has 20 heavy (non-hydrogen) atoms. The van der Waals surface area contributed by atoms with Crippen molar-refractivity contribution >= 4 is 0 Å². The van der Waals surface area contributed by atoms with Gasteiger partial charge in [-0.25, -0.2) is 4.98 Å². The predicted molar refractivity (Wildman–Crippen MR) is 82.9 cm³/mol. The first kappa shape index (κ1) is 14.1. The highest BCUT2D eigenvalue weighted by molar-refractivity contribution is 5.15. The molecule has 0 radical (unpaired) electrons. The SMILES string of the molecule is CC1(c2cncn2CCCC2CCCC2)CCNCC1. The van der Waals surface area contributed by atoms with Crippen LogP contribution in [0.5, 0.6) is 0 Å². The van der Waals surface area contributed by atoms with Crippen LogP contribution in [0.2, 0.25) is 0 Å². The van der Waals surface area contributed by atoms with E-state index in [1.54, 1.807) is 0 Å². The van der Waals surface area contributed by atoms with E-state index in [-0.39, 0.29) is 0 Å². The molecule has 1 aliphatic heterocycles. The van der Waals surface area contributed by atoms with E-state index in [1.165, 1.54) is 57.1 Å². The van der Waals surface area contributed by atoms with Crippen LogP contribution in [0.3, 0.4) is 0 Å². The quantitative estimate of drug-likeness (QED) is 0.891. The average Bonchev–Trinajstić information content (AvgIpc) is 3.11. The molecule has 1 aliphatic carbocycles. The molecule has 2 aliphatic rings. The molecule has 2 fully saturated rings. The highest BCUT2D eigenvalue weighted by atomic mass is 15.1. The number of hydrogen-bond acceptors (Lipinski definition) is 2. The fraction of sp³-hybridized carbons (Fsp3) is 0.824. The molecule has 1 N–H and O–H groups in total. The van der Waals surface area contributed by atoms with Crippen LogP contribution in [-0.4, -0.2) is 22.6 Å². The molecule has 3 rings (SSSR count). The van der Waals surface area contributed by atoms with E-state index in [1.807, 2.05) is 0 Å². The molecule has 1 aromatic rings. The molecular weight excluding hydrogens is 246 g/mol. The van der Waals surface area contributed by atoms with E-state index in [2.05, 4.69) is 34.3 Å². The summed E-state index contributed by atoms with van der Waals surface area (Å²) in [6.07, 6.45) is 15.2. The summed E-state index contributed by atoms with van der Waals surface area (Å²) in [4.78, 5) is 4.44. The fourth-order valence-corrected chi connectivity index (χ4v) is 4.09. The Morgan fingerprint density at radius 3 is 2.80 bits per heavy atom. The van der Waals surface area contributed by atoms with Gasteiger partial charge in [-0.3, -0.25) is 0 Å². The second-order valence-electron chi connectivity index (χ2n) is 7.08. The first-order valence-electron chi connectivity index (χ1n) is 8.49. The normalized spacial score (nSPS) is 23.2. The summed E-state index contributed by atoms with van der Waals surface area (Å²) in [5.74, 6) is 1.01. The van der Waals surface area contributed by atoms with E-state index in [9.17, 15) is 0 Å². The number of piperidine rings is 1. The Morgan fingerprint density at radius 1 is 1.30 bits per heavy atom. The summed E-state index contributed by atoms with van der Waals surface area (Å²) in [7, 11) is 0. The third-order valence-corrected chi connectivity index (χ3v) is 5.52. The van der Waals surface area contributed by atoms with Gasteiger partial charge < -0.3 is 9.88 Å². The molecule has 0 spiro atoms. The summed E-state index contributed by atoms with van der Waals surface area (Å²) in [5, 5.41) is 3.47. The summed E-state index contributed by atoms with van der Waals surface area (Å²) >= 11 is 0. The van der Waals surface area contributed by atoms with Gasteiger partial charge in [-0.1, -0.05) is 32.6 Å². The highest BCUT2D eigenvalue weighted by Gasteiger charge is 2.31. The van der Waals surface area contributed by atoms with Gasteiger partial charge in [-0.2, -0.15) is 0 Å². The lowest BCUT2D eigenvalue weighted by Gasteiger charge is -2.34. The van der Waals surface area contributed by atoms with E-state index in [0.29, 0.717) is 5.41 Å². The molecule has 1 aromatic heterocycles. The van der Waals surface area contributed by atoms with Gasteiger partial charge in [-0.15, -0.1) is 0 Å². The molecule has 1 saturated heterocycles. The van der Waals surface area contributed by atoms with Crippen LogP contribution in [0.4, 0.5) is 0 Å². The zero-order chi connectivity index (χ0) is 13.8. The van der Waals surface area contributed by atoms with Crippen molar-refractivity contribution in [2.45, 2.75) is 70.3 Å². The van der Waals surface area contributed by atoms with Crippen LogP contribution in [0, 0.1) is 5.92 Å². The Kier molecular flexibility index (Phi) is 4.45. The largest absolute Gasteiger partial charge is 0.334 e. The number of nitrogens with zero attached hydrogens (tertiary/aromatic N) is 2. The van der Waals surface area contributed by atoms with E-state index < -0.39 is 0 Å². The second-order valence-corrected chi connectivity index (χ2v) is 7.08. The van der Waals surface area contributed by atoms with Crippen LogP contribution in [0.1, 0.15) is 64.0 Å². The third kappa shape index (κ3) is 3.08. The smallest absolute Gasteiger partial charge is 0.0948 e. The van der Waals surface area contributed by atoms with Gasteiger partial charge in [0.25, 0.3) is 0 Å². The highest BCUT2D eigenvalue weighted by Crippen LogP contribution is 2.33. The minimum absolute atomic E-state index is 0.328. The van der Waals surface area contributed by atoms with Gasteiger partial charge >= 0.3 is 0 Å².